The Morgan fingerprint density at radius 3 is 2.45 bits per heavy atom. The average molecular weight is 173 g/mol. The third-order valence-electron chi connectivity index (χ3n) is 1.58. The van der Waals surface area contributed by atoms with Gasteiger partial charge in [-0.05, 0) is 23.6 Å². The van der Waals surface area contributed by atoms with Crippen LogP contribution in [0.15, 0.2) is 18.2 Å². The SMILES string of the molecule is CC(C)c1ccc(F)cc1Cl. The molecule has 0 unspecified atom stereocenters. The quantitative estimate of drug-likeness (QED) is 0.607. The first-order valence-corrected chi connectivity index (χ1v) is 3.94. The molecule has 0 saturated heterocycles. The van der Waals surface area contributed by atoms with E-state index >= 15 is 0 Å². The zero-order valence-electron chi connectivity index (χ0n) is 6.57. The van der Waals surface area contributed by atoms with E-state index in [1.807, 2.05) is 13.8 Å². The van der Waals surface area contributed by atoms with Gasteiger partial charge in [0.15, 0.2) is 0 Å². The van der Waals surface area contributed by atoms with Gasteiger partial charge in [0.25, 0.3) is 0 Å². The third-order valence-corrected chi connectivity index (χ3v) is 1.91. The van der Waals surface area contributed by atoms with E-state index in [-0.39, 0.29) is 5.82 Å². The average Bonchev–Trinajstić information content (AvgIpc) is 1.85. The number of halogens is 2. The molecule has 1 aromatic rings. The van der Waals surface area contributed by atoms with Crippen LogP contribution in [0.2, 0.25) is 5.02 Å². The maximum absolute atomic E-state index is 12.5. The lowest BCUT2D eigenvalue weighted by Crippen LogP contribution is -1.88. The van der Waals surface area contributed by atoms with Crippen LogP contribution in [0.1, 0.15) is 25.3 Å². The fraction of sp³-hybridized carbons (Fsp3) is 0.333. The summed E-state index contributed by atoms with van der Waals surface area (Å²) in [5.74, 6) is 0.0718. The van der Waals surface area contributed by atoms with Crippen molar-refractivity contribution in [1.82, 2.24) is 0 Å². The lowest BCUT2D eigenvalue weighted by molar-refractivity contribution is 0.626. The molecule has 60 valence electrons. The van der Waals surface area contributed by atoms with Gasteiger partial charge in [-0.3, -0.25) is 0 Å². The van der Waals surface area contributed by atoms with Crippen LogP contribution in [0.4, 0.5) is 4.39 Å². The van der Waals surface area contributed by atoms with Crippen molar-refractivity contribution in [1.29, 1.82) is 0 Å². The van der Waals surface area contributed by atoms with Gasteiger partial charge in [-0.25, -0.2) is 4.39 Å². The van der Waals surface area contributed by atoms with Crippen molar-refractivity contribution in [2.75, 3.05) is 0 Å². The minimum atomic E-state index is -0.278. The van der Waals surface area contributed by atoms with E-state index in [0.29, 0.717) is 10.9 Å². The summed E-state index contributed by atoms with van der Waals surface area (Å²) in [5, 5.41) is 0.514. The second kappa shape index (κ2) is 3.22. The third kappa shape index (κ3) is 1.93. The molecule has 0 amide bonds. The summed E-state index contributed by atoms with van der Waals surface area (Å²) in [6.45, 7) is 4.05. The first-order chi connectivity index (χ1) is 5.11. The number of rotatable bonds is 1. The van der Waals surface area contributed by atoms with Gasteiger partial charge in [0.1, 0.15) is 5.82 Å². The van der Waals surface area contributed by atoms with Crippen LogP contribution in [-0.4, -0.2) is 0 Å². The van der Waals surface area contributed by atoms with Gasteiger partial charge < -0.3 is 0 Å². The number of benzene rings is 1. The molecule has 0 aromatic heterocycles. The smallest absolute Gasteiger partial charge is 0.124 e. The van der Waals surface area contributed by atoms with Gasteiger partial charge in [-0.15, -0.1) is 0 Å². The highest BCUT2D eigenvalue weighted by Crippen LogP contribution is 2.24. The minimum absolute atomic E-state index is 0.278. The molecule has 0 fully saturated rings. The Morgan fingerprint density at radius 1 is 1.36 bits per heavy atom. The van der Waals surface area contributed by atoms with Gasteiger partial charge in [0, 0.05) is 5.02 Å². The molecule has 0 radical (unpaired) electrons. The van der Waals surface area contributed by atoms with Crippen LogP contribution in [-0.2, 0) is 0 Å². The highest BCUT2D eigenvalue weighted by atomic mass is 35.5. The van der Waals surface area contributed by atoms with Gasteiger partial charge >= 0.3 is 0 Å². The zero-order valence-corrected chi connectivity index (χ0v) is 7.32. The van der Waals surface area contributed by atoms with E-state index in [0.717, 1.165) is 5.56 Å². The van der Waals surface area contributed by atoms with E-state index in [1.54, 1.807) is 6.07 Å². The molecule has 0 saturated carbocycles. The molecule has 0 bridgehead atoms. The molecule has 0 aliphatic carbocycles. The summed E-state index contributed by atoms with van der Waals surface area (Å²) in [6, 6.07) is 4.50. The normalized spacial score (nSPS) is 10.6. The van der Waals surface area contributed by atoms with E-state index in [9.17, 15) is 4.39 Å². The molecule has 0 atom stereocenters. The second-order valence-electron chi connectivity index (χ2n) is 2.82. The van der Waals surface area contributed by atoms with Crippen LogP contribution in [0.3, 0.4) is 0 Å². The minimum Gasteiger partial charge on any atom is -0.207 e. The van der Waals surface area contributed by atoms with Crippen molar-refractivity contribution in [3.05, 3.63) is 34.6 Å². The maximum Gasteiger partial charge on any atom is 0.124 e. The summed E-state index contributed by atoms with van der Waals surface area (Å²) in [5.41, 5.74) is 0.994. The van der Waals surface area contributed by atoms with Crippen LogP contribution in [0, 0.1) is 5.82 Å². The molecule has 0 nitrogen and oxygen atoms in total. The number of hydrogen-bond acceptors (Lipinski definition) is 0. The van der Waals surface area contributed by atoms with E-state index in [2.05, 4.69) is 0 Å². The van der Waals surface area contributed by atoms with Crippen molar-refractivity contribution in [3.63, 3.8) is 0 Å². The monoisotopic (exact) mass is 172 g/mol. The lowest BCUT2D eigenvalue weighted by Gasteiger charge is -2.06. The van der Waals surface area contributed by atoms with Gasteiger partial charge in [-0.1, -0.05) is 31.5 Å². The molecular weight excluding hydrogens is 163 g/mol. The topological polar surface area (TPSA) is 0 Å². The molecule has 11 heavy (non-hydrogen) atoms. The molecule has 0 heterocycles. The Labute approximate surface area is 71.0 Å². The lowest BCUT2D eigenvalue weighted by atomic mass is 10.0. The predicted octanol–water partition coefficient (Wildman–Crippen LogP) is 3.60. The Morgan fingerprint density at radius 2 is 2.00 bits per heavy atom. The van der Waals surface area contributed by atoms with Crippen LogP contribution in [0.5, 0.6) is 0 Å². The fourth-order valence-electron chi connectivity index (χ4n) is 0.970. The van der Waals surface area contributed by atoms with Gasteiger partial charge in [-0.2, -0.15) is 0 Å². The number of hydrogen-bond donors (Lipinski definition) is 0. The van der Waals surface area contributed by atoms with E-state index in [4.69, 9.17) is 11.6 Å². The molecule has 0 aliphatic rings. The summed E-state index contributed by atoms with van der Waals surface area (Å²) >= 11 is 5.78. The van der Waals surface area contributed by atoms with Crippen molar-refractivity contribution >= 4 is 11.6 Å². The molecule has 0 spiro atoms. The molecule has 0 N–H and O–H groups in total. The first-order valence-electron chi connectivity index (χ1n) is 3.56. The Balaban J connectivity index is 3.09. The summed E-state index contributed by atoms with van der Waals surface area (Å²) in [7, 11) is 0. The van der Waals surface area contributed by atoms with Crippen LogP contribution >= 0.6 is 11.6 Å². The predicted molar refractivity (Wildman–Crippen MR) is 45.5 cm³/mol. The largest absolute Gasteiger partial charge is 0.207 e. The van der Waals surface area contributed by atoms with Crippen molar-refractivity contribution in [2.45, 2.75) is 19.8 Å². The molecule has 1 rings (SSSR count). The molecular formula is C9H10ClF. The Bertz CT molecular complexity index is 256. The summed E-state index contributed by atoms with van der Waals surface area (Å²) < 4.78 is 12.5. The van der Waals surface area contributed by atoms with Crippen molar-refractivity contribution in [2.24, 2.45) is 0 Å². The Kier molecular flexibility index (Phi) is 2.50. The Hall–Kier alpha value is -0.560. The molecule has 0 aliphatic heterocycles. The molecule has 1 aromatic carbocycles. The maximum atomic E-state index is 12.5. The highest BCUT2D eigenvalue weighted by Gasteiger charge is 2.04. The summed E-state index contributed by atoms with van der Waals surface area (Å²) in [4.78, 5) is 0. The summed E-state index contributed by atoms with van der Waals surface area (Å²) in [6.07, 6.45) is 0. The van der Waals surface area contributed by atoms with Crippen molar-refractivity contribution < 1.29 is 4.39 Å². The first kappa shape index (κ1) is 8.54. The van der Waals surface area contributed by atoms with Gasteiger partial charge in [0.2, 0.25) is 0 Å². The van der Waals surface area contributed by atoms with Crippen molar-refractivity contribution in [3.8, 4) is 0 Å². The standard InChI is InChI=1S/C9H10ClF/c1-6(2)8-4-3-7(11)5-9(8)10/h3-6H,1-2H3. The van der Waals surface area contributed by atoms with Crippen LogP contribution < -0.4 is 0 Å². The van der Waals surface area contributed by atoms with E-state index in [1.165, 1.54) is 12.1 Å². The second-order valence-corrected chi connectivity index (χ2v) is 3.23. The highest BCUT2D eigenvalue weighted by molar-refractivity contribution is 6.31. The van der Waals surface area contributed by atoms with E-state index < -0.39 is 0 Å². The zero-order chi connectivity index (χ0) is 8.43. The molecule has 2 heteroatoms. The van der Waals surface area contributed by atoms with Crippen LogP contribution in [0.25, 0.3) is 0 Å². The van der Waals surface area contributed by atoms with Gasteiger partial charge in [0.05, 0.1) is 0 Å². The fourth-order valence-corrected chi connectivity index (χ4v) is 1.36.